The highest BCUT2D eigenvalue weighted by molar-refractivity contribution is 5.06. The SMILES string of the molecule is c1coc(C(CNCC2CCCN2)N2CCCC2)c1. The van der Waals surface area contributed by atoms with Gasteiger partial charge in [0.15, 0.2) is 0 Å². The summed E-state index contributed by atoms with van der Waals surface area (Å²) in [5.41, 5.74) is 0. The van der Waals surface area contributed by atoms with E-state index in [1.54, 1.807) is 6.26 Å². The van der Waals surface area contributed by atoms with Crippen molar-refractivity contribution in [3.8, 4) is 0 Å². The van der Waals surface area contributed by atoms with Crippen molar-refractivity contribution in [1.82, 2.24) is 15.5 Å². The van der Waals surface area contributed by atoms with E-state index in [0.717, 1.165) is 18.8 Å². The van der Waals surface area contributed by atoms with Crippen molar-refractivity contribution in [1.29, 1.82) is 0 Å². The van der Waals surface area contributed by atoms with Crippen LogP contribution in [-0.4, -0.2) is 43.7 Å². The Balaban J connectivity index is 1.53. The molecule has 2 fully saturated rings. The second-order valence-corrected chi connectivity index (χ2v) is 5.73. The fraction of sp³-hybridized carbons (Fsp3) is 0.733. The molecule has 0 bridgehead atoms. The Morgan fingerprint density at radius 1 is 1.37 bits per heavy atom. The number of likely N-dealkylation sites (tertiary alicyclic amines) is 1. The van der Waals surface area contributed by atoms with E-state index in [0.29, 0.717) is 12.1 Å². The number of nitrogens with zero attached hydrogens (tertiary/aromatic N) is 1. The Kier molecular flexibility index (Phi) is 4.53. The van der Waals surface area contributed by atoms with Crippen LogP contribution in [0.1, 0.15) is 37.5 Å². The van der Waals surface area contributed by atoms with E-state index in [-0.39, 0.29) is 0 Å². The van der Waals surface area contributed by atoms with Gasteiger partial charge in [0.05, 0.1) is 12.3 Å². The molecule has 19 heavy (non-hydrogen) atoms. The molecular weight excluding hydrogens is 238 g/mol. The molecule has 0 aromatic carbocycles. The molecule has 2 aliphatic heterocycles. The maximum atomic E-state index is 5.63. The first-order valence-corrected chi connectivity index (χ1v) is 7.65. The van der Waals surface area contributed by atoms with Crippen LogP contribution < -0.4 is 10.6 Å². The monoisotopic (exact) mass is 263 g/mol. The Morgan fingerprint density at radius 3 is 2.95 bits per heavy atom. The van der Waals surface area contributed by atoms with Crippen LogP contribution in [0.3, 0.4) is 0 Å². The largest absolute Gasteiger partial charge is 0.468 e. The van der Waals surface area contributed by atoms with Crippen LogP contribution in [0.4, 0.5) is 0 Å². The Bertz CT molecular complexity index is 353. The van der Waals surface area contributed by atoms with Crippen molar-refractivity contribution >= 4 is 0 Å². The van der Waals surface area contributed by atoms with Gasteiger partial charge in [-0.05, 0) is 57.5 Å². The van der Waals surface area contributed by atoms with Gasteiger partial charge in [0.2, 0.25) is 0 Å². The van der Waals surface area contributed by atoms with Gasteiger partial charge < -0.3 is 15.1 Å². The van der Waals surface area contributed by atoms with E-state index in [4.69, 9.17) is 4.42 Å². The zero-order valence-electron chi connectivity index (χ0n) is 11.6. The summed E-state index contributed by atoms with van der Waals surface area (Å²) in [7, 11) is 0. The van der Waals surface area contributed by atoms with E-state index in [1.807, 2.05) is 6.07 Å². The highest BCUT2D eigenvalue weighted by atomic mass is 16.3. The summed E-state index contributed by atoms with van der Waals surface area (Å²) < 4.78 is 5.63. The van der Waals surface area contributed by atoms with Crippen molar-refractivity contribution in [2.75, 3.05) is 32.7 Å². The molecule has 1 aromatic rings. The molecule has 4 heteroatoms. The normalized spacial score (nSPS) is 26.0. The Morgan fingerprint density at radius 2 is 2.26 bits per heavy atom. The van der Waals surface area contributed by atoms with Crippen LogP contribution in [0.15, 0.2) is 22.8 Å². The maximum absolute atomic E-state index is 5.63. The molecule has 0 amide bonds. The minimum Gasteiger partial charge on any atom is -0.468 e. The fourth-order valence-electron chi connectivity index (χ4n) is 3.27. The van der Waals surface area contributed by atoms with Crippen LogP contribution in [0.2, 0.25) is 0 Å². The van der Waals surface area contributed by atoms with Gasteiger partial charge in [-0.3, -0.25) is 4.90 Å². The molecule has 2 N–H and O–H groups in total. The van der Waals surface area contributed by atoms with Crippen molar-refractivity contribution in [2.45, 2.75) is 37.8 Å². The average Bonchev–Trinajstić information content (AvgIpc) is 3.15. The van der Waals surface area contributed by atoms with Gasteiger partial charge >= 0.3 is 0 Å². The van der Waals surface area contributed by atoms with Crippen molar-refractivity contribution in [3.05, 3.63) is 24.2 Å². The summed E-state index contributed by atoms with van der Waals surface area (Å²) in [6, 6.07) is 5.17. The standard InChI is InChI=1S/C15H25N3O/c1-2-9-18(8-1)14(15-6-4-10-19-15)12-16-11-13-5-3-7-17-13/h4,6,10,13-14,16-17H,1-3,5,7-9,11-12H2. The van der Waals surface area contributed by atoms with Crippen molar-refractivity contribution < 1.29 is 4.42 Å². The van der Waals surface area contributed by atoms with Gasteiger partial charge in [0, 0.05) is 19.1 Å². The van der Waals surface area contributed by atoms with E-state index in [2.05, 4.69) is 21.6 Å². The van der Waals surface area contributed by atoms with E-state index >= 15 is 0 Å². The predicted molar refractivity (Wildman–Crippen MR) is 76.2 cm³/mol. The molecule has 0 saturated carbocycles. The predicted octanol–water partition coefficient (Wildman–Crippen LogP) is 1.76. The number of hydrogen-bond acceptors (Lipinski definition) is 4. The third-order valence-electron chi connectivity index (χ3n) is 4.34. The summed E-state index contributed by atoms with van der Waals surface area (Å²) in [6.07, 6.45) is 7.06. The van der Waals surface area contributed by atoms with Gasteiger partial charge in [-0.25, -0.2) is 0 Å². The van der Waals surface area contributed by atoms with Crippen LogP contribution in [0, 0.1) is 0 Å². The van der Waals surface area contributed by atoms with E-state index in [1.165, 1.54) is 45.3 Å². The third-order valence-corrected chi connectivity index (χ3v) is 4.34. The first-order valence-electron chi connectivity index (χ1n) is 7.65. The third kappa shape index (κ3) is 3.38. The minimum absolute atomic E-state index is 0.402. The molecular formula is C15H25N3O. The molecule has 2 saturated heterocycles. The fourth-order valence-corrected chi connectivity index (χ4v) is 3.27. The lowest BCUT2D eigenvalue weighted by Gasteiger charge is -2.26. The molecule has 2 unspecified atom stereocenters. The smallest absolute Gasteiger partial charge is 0.122 e. The molecule has 4 nitrogen and oxygen atoms in total. The molecule has 1 aromatic heterocycles. The highest BCUT2D eigenvalue weighted by Gasteiger charge is 2.25. The van der Waals surface area contributed by atoms with Crippen molar-refractivity contribution in [3.63, 3.8) is 0 Å². The molecule has 0 radical (unpaired) electrons. The topological polar surface area (TPSA) is 40.4 Å². The molecule has 3 heterocycles. The summed E-state index contributed by atoms with van der Waals surface area (Å²) in [5.74, 6) is 1.11. The number of rotatable bonds is 6. The van der Waals surface area contributed by atoms with Gasteiger partial charge in [-0.15, -0.1) is 0 Å². The van der Waals surface area contributed by atoms with E-state index < -0.39 is 0 Å². The number of furan rings is 1. The zero-order chi connectivity index (χ0) is 12.9. The summed E-state index contributed by atoms with van der Waals surface area (Å²) in [6.45, 7) is 5.65. The molecule has 0 spiro atoms. The zero-order valence-corrected chi connectivity index (χ0v) is 11.6. The summed E-state index contributed by atoms with van der Waals surface area (Å²) >= 11 is 0. The van der Waals surface area contributed by atoms with Crippen LogP contribution >= 0.6 is 0 Å². The summed E-state index contributed by atoms with van der Waals surface area (Å²) in [4.78, 5) is 2.55. The lowest BCUT2D eigenvalue weighted by Crippen LogP contribution is -2.39. The van der Waals surface area contributed by atoms with Gasteiger partial charge in [-0.2, -0.15) is 0 Å². The minimum atomic E-state index is 0.402. The lowest BCUT2D eigenvalue weighted by atomic mass is 10.1. The first-order chi connectivity index (χ1) is 9.43. The van der Waals surface area contributed by atoms with Gasteiger partial charge in [0.25, 0.3) is 0 Å². The average molecular weight is 263 g/mol. The quantitative estimate of drug-likeness (QED) is 0.820. The van der Waals surface area contributed by atoms with E-state index in [9.17, 15) is 0 Å². The van der Waals surface area contributed by atoms with Gasteiger partial charge in [0.1, 0.15) is 5.76 Å². The van der Waals surface area contributed by atoms with Crippen LogP contribution in [0.25, 0.3) is 0 Å². The van der Waals surface area contributed by atoms with Crippen LogP contribution in [-0.2, 0) is 0 Å². The van der Waals surface area contributed by atoms with Crippen LogP contribution in [0.5, 0.6) is 0 Å². The van der Waals surface area contributed by atoms with Crippen molar-refractivity contribution in [2.24, 2.45) is 0 Å². The molecule has 3 rings (SSSR count). The second-order valence-electron chi connectivity index (χ2n) is 5.73. The lowest BCUT2D eigenvalue weighted by molar-refractivity contribution is 0.208. The molecule has 0 aliphatic carbocycles. The Hall–Kier alpha value is -0.840. The molecule has 2 atom stereocenters. The molecule has 106 valence electrons. The first kappa shape index (κ1) is 13.2. The van der Waals surface area contributed by atoms with Gasteiger partial charge in [-0.1, -0.05) is 0 Å². The number of hydrogen-bond donors (Lipinski definition) is 2. The maximum Gasteiger partial charge on any atom is 0.122 e. The molecule has 2 aliphatic rings. The highest BCUT2D eigenvalue weighted by Crippen LogP contribution is 2.24. The summed E-state index contributed by atoms with van der Waals surface area (Å²) in [5, 5.41) is 7.16. The number of nitrogens with one attached hydrogen (secondary N) is 2. The second kappa shape index (κ2) is 6.55. The Labute approximate surface area is 115 Å².